The van der Waals surface area contributed by atoms with Crippen LogP contribution in [-0.4, -0.2) is 38.1 Å². The van der Waals surface area contributed by atoms with E-state index in [0.717, 1.165) is 12.6 Å². The minimum atomic E-state index is 0.718. The first-order valence-electron chi connectivity index (χ1n) is 6.83. The van der Waals surface area contributed by atoms with Crippen molar-refractivity contribution in [2.45, 2.75) is 31.7 Å². The Balaban J connectivity index is 1.92. The molecule has 0 radical (unpaired) electrons. The third-order valence-corrected chi connectivity index (χ3v) is 4.42. The molecule has 0 bridgehead atoms. The molecule has 2 nitrogen and oxygen atoms in total. The topological polar surface area (TPSA) is 15.3 Å². The standard InChI is InChI=1S/C15H23BrN2/c1-17-8-3-9-18(2)15-7-5-12-10-14(16)6-4-13(12)11-15/h4,6,10,15,17H,3,5,7-9,11H2,1-2H3. The lowest BCUT2D eigenvalue weighted by Crippen LogP contribution is -2.37. The van der Waals surface area contributed by atoms with Gasteiger partial charge in [0, 0.05) is 10.5 Å². The highest BCUT2D eigenvalue weighted by molar-refractivity contribution is 9.10. The van der Waals surface area contributed by atoms with Crippen molar-refractivity contribution in [1.29, 1.82) is 0 Å². The maximum atomic E-state index is 3.56. The average Bonchev–Trinajstić information content (AvgIpc) is 2.38. The summed E-state index contributed by atoms with van der Waals surface area (Å²) < 4.78 is 1.21. The van der Waals surface area contributed by atoms with Gasteiger partial charge < -0.3 is 10.2 Å². The Morgan fingerprint density at radius 3 is 3.00 bits per heavy atom. The highest BCUT2D eigenvalue weighted by Gasteiger charge is 2.21. The summed E-state index contributed by atoms with van der Waals surface area (Å²) in [7, 11) is 4.29. The normalized spacial score (nSPS) is 19.0. The summed E-state index contributed by atoms with van der Waals surface area (Å²) in [6, 6.07) is 7.46. The van der Waals surface area contributed by atoms with Crippen LogP contribution in [0.2, 0.25) is 0 Å². The van der Waals surface area contributed by atoms with Crippen molar-refractivity contribution in [3.05, 3.63) is 33.8 Å². The number of nitrogens with one attached hydrogen (secondary N) is 1. The zero-order valence-corrected chi connectivity index (χ0v) is 13.0. The van der Waals surface area contributed by atoms with Gasteiger partial charge in [-0.25, -0.2) is 0 Å². The number of rotatable bonds is 5. The summed E-state index contributed by atoms with van der Waals surface area (Å²) in [6.45, 7) is 2.30. The van der Waals surface area contributed by atoms with Crippen molar-refractivity contribution in [3.63, 3.8) is 0 Å². The average molecular weight is 311 g/mol. The van der Waals surface area contributed by atoms with E-state index in [1.165, 1.54) is 47.8 Å². The zero-order valence-electron chi connectivity index (χ0n) is 11.4. The van der Waals surface area contributed by atoms with Crippen LogP contribution in [0.15, 0.2) is 22.7 Å². The zero-order chi connectivity index (χ0) is 13.0. The Kier molecular flexibility index (Phi) is 5.22. The van der Waals surface area contributed by atoms with Crippen LogP contribution in [0.1, 0.15) is 24.0 Å². The molecule has 100 valence electrons. The fraction of sp³-hybridized carbons (Fsp3) is 0.600. The molecule has 2 rings (SSSR count). The fourth-order valence-corrected chi connectivity index (χ4v) is 3.18. The first-order valence-corrected chi connectivity index (χ1v) is 7.62. The van der Waals surface area contributed by atoms with Gasteiger partial charge in [0.2, 0.25) is 0 Å². The van der Waals surface area contributed by atoms with E-state index in [0.29, 0.717) is 0 Å². The van der Waals surface area contributed by atoms with Gasteiger partial charge >= 0.3 is 0 Å². The van der Waals surface area contributed by atoms with Crippen LogP contribution >= 0.6 is 15.9 Å². The van der Waals surface area contributed by atoms with Crippen molar-refractivity contribution in [3.8, 4) is 0 Å². The summed E-state index contributed by atoms with van der Waals surface area (Å²) >= 11 is 3.56. The molecule has 1 aromatic rings. The second kappa shape index (κ2) is 6.69. The molecule has 0 aliphatic heterocycles. The predicted molar refractivity (Wildman–Crippen MR) is 81.1 cm³/mol. The summed E-state index contributed by atoms with van der Waals surface area (Å²) in [5, 5.41) is 3.22. The van der Waals surface area contributed by atoms with Crippen molar-refractivity contribution in [2.75, 3.05) is 27.2 Å². The SMILES string of the molecule is CNCCCN(C)C1CCc2cc(Br)ccc2C1. The lowest BCUT2D eigenvalue weighted by molar-refractivity contribution is 0.219. The van der Waals surface area contributed by atoms with Gasteiger partial charge in [-0.1, -0.05) is 22.0 Å². The molecule has 0 spiro atoms. The Bertz CT molecular complexity index is 392. The van der Waals surface area contributed by atoms with Crippen LogP contribution < -0.4 is 5.32 Å². The summed E-state index contributed by atoms with van der Waals surface area (Å²) in [4.78, 5) is 2.53. The molecular weight excluding hydrogens is 288 g/mol. The van der Waals surface area contributed by atoms with Crippen LogP contribution in [0, 0.1) is 0 Å². The highest BCUT2D eigenvalue weighted by Crippen LogP contribution is 2.26. The molecule has 0 aromatic heterocycles. The number of hydrogen-bond donors (Lipinski definition) is 1. The third kappa shape index (κ3) is 3.56. The van der Waals surface area contributed by atoms with Crippen molar-refractivity contribution in [2.24, 2.45) is 0 Å². The van der Waals surface area contributed by atoms with Crippen molar-refractivity contribution < 1.29 is 0 Å². The number of nitrogens with zero attached hydrogens (tertiary/aromatic N) is 1. The summed E-state index contributed by atoms with van der Waals surface area (Å²) in [6.07, 6.45) is 4.95. The Morgan fingerprint density at radius 1 is 1.39 bits per heavy atom. The Hall–Kier alpha value is -0.380. The number of fused-ring (bicyclic) bond motifs is 1. The molecule has 1 aliphatic carbocycles. The van der Waals surface area contributed by atoms with Gasteiger partial charge in [0.25, 0.3) is 0 Å². The molecule has 3 heteroatoms. The number of hydrogen-bond acceptors (Lipinski definition) is 2. The van der Waals surface area contributed by atoms with Gasteiger partial charge in [-0.2, -0.15) is 0 Å². The summed E-state index contributed by atoms with van der Waals surface area (Å²) in [5.74, 6) is 0. The smallest absolute Gasteiger partial charge is 0.0178 e. The molecule has 18 heavy (non-hydrogen) atoms. The second-order valence-corrected chi connectivity index (χ2v) is 6.16. The number of benzene rings is 1. The van der Waals surface area contributed by atoms with Gasteiger partial charge in [0.15, 0.2) is 0 Å². The third-order valence-electron chi connectivity index (χ3n) is 3.93. The quantitative estimate of drug-likeness (QED) is 0.841. The van der Waals surface area contributed by atoms with Crippen LogP contribution in [0.5, 0.6) is 0 Å². The van der Waals surface area contributed by atoms with E-state index in [2.05, 4.69) is 51.4 Å². The number of halogens is 1. The maximum absolute atomic E-state index is 3.56. The molecule has 0 amide bonds. The van der Waals surface area contributed by atoms with E-state index in [9.17, 15) is 0 Å². The van der Waals surface area contributed by atoms with E-state index in [4.69, 9.17) is 0 Å². The van der Waals surface area contributed by atoms with E-state index in [-0.39, 0.29) is 0 Å². The molecule has 1 aliphatic rings. The molecule has 0 fully saturated rings. The van der Waals surface area contributed by atoms with Gasteiger partial charge in [-0.3, -0.25) is 0 Å². The van der Waals surface area contributed by atoms with E-state index < -0.39 is 0 Å². The highest BCUT2D eigenvalue weighted by atomic mass is 79.9. The van der Waals surface area contributed by atoms with Crippen LogP contribution in [0.4, 0.5) is 0 Å². The number of aryl methyl sites for hydroxylation is 1. The fourth-order valence-electron chi connectivity index (χ4n) is 2.77. The van der Waals surface area contributed by atoms with Gasteiger partial charge in [-0.15, -0.1) is 0 Å². The van der Waals surface area contributed by atoms with Crippen LogP contribution in [-0.2, 0) is 12.8 Å². The first kappa shape index (κ1) is 14.0. The number of likely N-dealkylation sites (N-methyl/N-ethyl adjacent to an activating group) is 1. The molecule has 1 unspecified atom stereocenters. The van der Waals surface area contributed by atoms with Crippen LogP contribution in [0.3, 0.4) is 0 Å². The second-order valence-electron chi connectivity index (χ2n) is 5.25. The monoisotopic (exact) mass is 310 g/mol. The molecule has 1 N–H and O–H groups in total. The van der Waals surface area contributed by atoms with Gasteiger partial charge in [0.1, 0.15) is 0 Å². The minimum absolute atomic E-state index is 0.718. The van der Waals surface area contributed by atoms with Gasteiger partial charge in [-0.05, 0) is 76.1 Å². The lowest BCUT2D eigenvalue weighted by Gasteiger charge is -2.32. The molecule has 0 heterocycles. The molecule has 0 saturated heterocycles. The Labute approximate surface area is 119 Å². The molecular formula is C15H23BrN2. The predicted octanol–water partition coefficient (Wildman–Crippen LogP) is 2.85. The van der Waals surface area contributed by atoms with Gasteiger partial charge in [0.05, 0.1) is 0 Å². The molecule has 1 atom stereocenters. The maximum Gasteiger partial charge on any atom is 0.0178 e. The Morgan fingerprint density at radius 2 is 2.22 bits per heavy atom. The first-order chi connectivity index (χ1) is 8.70. The minimum Gasteiger partial charge on any atom is -0.320 e. The van der Waals surface area contributed by atoms with Crippen LogP contribution in [0.25, 0.3) is 0 Å². The molecule has 1 aromatic carbocycles. The summed E-state index contributed by atoms with van der Waals surface area (Å²) in [5.41, 5.74) is 3.07. The van der Waals surface area contributed by atoms with E-state index >= 15 is 0 Å². The largest absolute Gasteiger partial charge is 0.320 e. The van der Waals surface area contributed by atoms with Crippen molar-refractivity contribution >= 4 is 15.9 Å². The van der Waals surface area contributed by atoms with Crippen molar-refractivity contribution in [1.82, 2.24) is 10.2 Å². The van der Waals surface area contributed by atoms with E-state index in [1.807, 2.05) is 7.05 Å². The molecule has 0 saturated carbocycles. The lowest BCUT2D eigenvalue weighted by atomic mass is 9.87. The van der Waals surface area contributed by atoms with E-state index in [1.54, 1.807) is 0 Å².